The number of sulfonamides is 1. The third kappa shape index (κ3) is 2.99. The van der Waals surface area contributed by atoms with Gasteiger partial charge in [-0.1, -0.05) is 6.07 Å². The number of aryl methyl sites for hydroxylation is 2. The van der Waals surface area contributed by atoms with E-state index in [1.807, 2.05) is 19.2 Å². The first-order valence-corrected chi connectivity index (χ1v) is 8.93. The fourth-order valence-electron chi connectivity index (χ4n) is 3.12. The Morgan fingerprint density at radius 3 is 2.95 bits per heavy atom. The molecule has 0 amide bonds. The number of rotatable bonds is 4. The minimum atomic E-state index is -3.41. The van der Waals surface area contributed by atoms with Gasteiger partial charge in [0.15, 0.2) is 0 Å². The molecule has 1 saturated heterocycles. The van der Waals surface area contributed by atoms with Crippen LogP contribution in [-0.4, -0.2) is 52.1 Å². The summed E-state index contributed by atoms with van der Waals surface area (Å²) in [5.74, 6) is 0. The highest BCUT2D eigenvalue weighted by Gasteiger charge is 2.31. The van der Waals surface area contributed by atoms with Crippen LogP contribution in [0.15, 0.2) is 23.1 Å². The molecule has 2 aliphatic rings. The summed E-state index contributed by atoms with van der Waals surface area (Å²) in [6, 6.07) is 5.59. The summed E-state index contributed by atoms with van der Waals surface area (Å²) >= 11 is 0. The van der Waals surface area contributed by atoms with Gasteiger partial charge < -0.3 is 10.1 Å². The molecular weight excluding hydrogens is 288 g/mol. The highest BCUT2D eigenvalue weighted by molar-refractivity contribution is 7.89. The Hall–Kier alpha value is -0.950. The van der Waals surface area contributed by atoms with Crippen LogP contribution in [0.2, 0.25) is 0 Å². The SMILES string of the molecule is CNCC1CN(S(=O)(=O)c2ccc3c(c2)CCC3)CCO1. The van der Waals surface area contributed by atoms with Crippen molar-refractivity contribution in [2.24, 2.45) is 0 Å². The number of morpholine rings is 1. The monoisotopic (exact) mass is 310 g/mol. The quantitative estimate of drug-likeness (QED) is 0.893. The first-order chi connectivity index (χ1) is 10.1. The van der Waals surface area contributed by atoms with Crippen molar-refractivity contribution in [3.63, 3.8) is 0 Å². The van der Waals surface area contributed by atoms with E-state index in [-0.39, 0.29) is 6.10 Å². The maximum atomic E-state index is 12.8. The van der Waals surface area contributed by atoms with Crippen LogP contribution < -0.4 is 5.32 Å². The fourth-order valence-corrected chi connectivity index (χ4v) is 4.63. The molecule has 0 spiro atoms. The molecule has 0 radical (unpaired) electrons. The lowest BCUT2D eigenvalue weighted by atomic mass is 10.1. The maximum absolute atomic E-state index is 12.8. The Kier molecular flexibility index (Phi) is 4.31. The van der Waals surface area contributed by atoms with Crippen molar-refractivity contribution < 1.29 is 13.2 Å². The number of benzene rings is 1. The van der Waals surface area contributed by atoms with E-state index in [0.717, 1.165) is 19.3 Å². The summed E-state index contributed by atoms with van der Waals surface area (Å²) in [4.78, 5) is 0.424. The van der Waals surface area contributed by atoms with Crippen LogP contribution in [0.3, 0.4) is 0 Å². The Morgan fingerprint density at radius 2 is 2.14 bits per heavy atom. The van der Waals surface area contributed by atoms with E-state index in [1.54, 1.807) is 10.4 Å². The van der Waals surface area contributed by atoms with Gasteiger partial charge >= 0.3 is 0 Å². The van der Waals surface area contributed by atoms with Crippen LogP contribution in [0.1, 0.15) is 17.5 Å². The van der Waals surface area contributed by atoms with E-state index in [4.69, 9.17) is 4.74 Å². The Balaban J connectivity index is 1.83. The third-order valence-electron chi connectivity index (χ3n) is 4.24. The van der Waals surface area contributed by atoms with Gasteiger partial charge in [-0.15, -0.1) is 0 Å². The number of hydrogen-bond donors (Lipinski definition) is 1. The average Bonchev–Trinajstić information content (AvgIpc) is 2.95. The van der Waals surface area contributed by atoms with Crippen molar-refractivity contribution in [3.8, 4) is 0 Å². The molecule has 0 saturated carbocycles. The van der Waals surface area contributed by atoms with Gasteiger partial charge in [0.1, 0.15) is 0 Å². The van der Waals surface area contributed by atoms with Gasteiger partial charge in [-0.2, -0.15) is 4.31 Å². The summed E-state index contributed by atoms with van der Waals surface area (Å²) < 4.78 is 32.7. The molecule has 1 unspecified atom stereocenters. The van der Waals surface area contributed by atoms with Crippen molar-refractivity contribution in [2.45, 2.75) is 30.3 Å². The van der Waals surface area contributed by atoms with Crippen LogP contribution in [0.5, 0.6) is 0 Å². The van der Waals surface area contributed by atoms with Gasteiger partial charge in [-0.3, -0.25) is 0 Å². The summed E-state index contributed by atoms with van der Waals surface area (Å²) in [6.45, 7) is 1.96. The summed E-state index contributed by atoms with van der Waals surface area (Å²) in [5.41, 5.74) is 2.49. The summed E-state index contributed by atoms with van der Waals surface area (Å²) in [5, 5.41) is 3.04. The number of hydrogen-bond acceptors (Lipinski definition) is 4. The van der Waals surface area contributed by atoms with Crippen LogP contribution in [0.4, 0.5) is 0 Å². The minimum absolute atomic E-state index is 0.0760. The second-order valence-electron chi connectivity index (χ2n) is 5.70. The zero-order chi connectivity index (χ0) is 14.9. The molecule has 21 heavy (non-hydrogen) atoms. The third-order valence-corrected chi connectivity index (χ3v) is 6.10. The van der Waals surface area contributed by atoms with Crippen LogP contribution in [0.25, 0.3) is 0 Å². The molecule has 1 aliphatic heterocycles. The number of nitrogens with one attached hydrogen (secondary N) is 1. The summed E-state index contributed by atoms with van der Waals surface area (Å²) in [7, 11) is -1.56. The largest absolute Gasteiger partial charge is 0.374 e. The molecule has 5 nitrogen and oxygen atoms in total. The Morgan fingerprint density at radius 1 is 1.33 bits per heavy atom. The zero-order valence-corrected chi connectivity index (χ0v) is 13.2. The van der Waals surface area contributed by atoms with Gasteiger partial charge in [0.2, 0.25) is 10.0 Å². The Labute approximate surface area is 126 Å². The molecule has 1 fully saturated rings. The number of nitrogens with zero attached hydrogens (tertiary/aromatic N) is 1. The normalized spacial score (nSPS) is 23.2. The van der Waals surface area contributed by atoms with Crippen molar-refractivity contribution in [3.05, 3.63) is 29.3 Å². The number of likely N-dealkylation sites (N-methyl/N-ethyl adjacent to an activating group) is 1. The molecule has 6 heteroatoms. The lowest BCUT2D eigenvalue weighted by molar-refractivity contribution is 0.000823. The van der Waals surface area contributed by atoms with Gasteiger partial charge in [0.25, 0.3) is 0 Å². The molecule has 3 rings (SSSR count). The second-order valence-corrected chi connectivity index (χ2v) is 7.64. The van der Waals surface area contributed by atoms with Gasteiger partial charge in [-0.05, 0) is 49.6 Å². The molecule has 1 aromatic rings. The second kappa shape index (κ2) is 6.04. The van der Waals surface area contributed by atoms with E-state index < -0.39 is 10.0 Å². The smallest absolute Gasteiger partial charge is 0.243 e. The lowest BCUT2D eigenvalue weighted by Gasteiger charge is -2.32. The highest BCUT2D eigenvalue weighted by Crippen LogP contribution is 2.26. The molecule has 1 atom stereocenters. The Bertz CT molecular complexity index is 613. The minimum Gasteiger partial charge on any atom is -0.374 e. The highest BCUT2D eigenvalue weighted by atomic mass is 32.2. The van der Waals surface area contributed by atoms with Crippen molar-refractivity contribution in [2.75, 3.05) is 33.3 Å². The first-order valence-electron chi connectivity index (χ1n) is 7.49. The predicted octanol–water partition coefficient (Wildman–Crippen LogP) is 0.784. The van der Waals surface area contributed by atoms with Gasteiger partial charge in [-0.25, -0.2) is 8.42 Å². The van der Waals surface area contributed by atoms with Crippen molar-refractivity contribution in [1.82, 2.24) is 9.62 Å². The molecule has 1 aliphatic carbocycles. The van der Waals surface area contributed by atoms with Gasteiger partial charge in [0.05, 0.1) is 17.6 Å². The van der Waals surface area contributed by atoms with E-state index in [2.05, 4.69) is 5.32 Å². The zero-order valence-electron chi connectivity index (χ0n) is 12.3. The van der Waals surface area contributed by atoms with Crippen molar-refractivity contribution >= 4 is 10.0 Å². The van der Waals surface area contributed by atoms with Crippen LogP contribution in [0, 0.1) is 0 Å². The van der Waals surface area contributed by atoms with E-state index in [1.165, 1.54) is 11.1 Å². The molecule has 1 heterocycles. The first kappa shape index (κ1) is 15.0. The lowest BCUT2D eigenvalue weighted by Crippen LogP contribution is -2.48. The predicted molar refractivity (Wildman–Crippen MR) is 80.9 cm³/mol. The molecule has 0 aromatic heterocycles. The number of ether oxygens (including phenoxy) is 1. The van der Waals surface area contributed by atoms with Gasteiger partial charge in [0, 0.05) is 19.6 Å². The molecular formula is C15H22N2O3S. The fraction of sp³-hybridized carbons (Fsp3) is 0.600. The van der Waals surface area contributed by atoms with E-state index in [9.17, 15) is 8.42 Å². The average molecular weight is 310 g/mol. The number of fused-ring (bicyclic) bond motifs is 1. The van der Waals surface area contributed by atoms with Crippen LogP contribution >= 0.6 is 0 Å². The standard InChI is InChI=1S/C15H22N2O3S/c1-16-10-14-11-17(7-8-20-14)21(18,19)15-6-5-12-3-2-4-13(12)9-15/h5-6,9,14,16H,2-4,7-8,10-11H2,1H3. The molecule has 0 bridgehead atoms. The molecule has 1 aromatic carbocycles. The molecule has 1 N–H and O–H groups in total. The molecule has 116 valence electrons. The summed E-state index contributed by atoms with van der Waals surface area (Å²) in [6.07, 6.45) is 3.11. The van der Waals surface area contributed by atoms with E-state index >= 15 is 0 Å². The van der Waals surface area contributed by atoms with Crippen LogP contribution in [-0.2, 0) is 27.6 Å². The van der Waals surface area contributed by atoms with E-state index in [0.29, 0.717) is 31.1 Å². The topological polar surface area (TPSA) is 58.6 Å². The maximum Gasteiger partial charge on any atom is 0.243 e. The van der Waals surface area contributed by atoms with Crippen molar-refractivity contribution in [1.29, 1.82) is 0 Å².